The Morgan fingerprint density at radius 3 is 1.00 bits per heavy atom. The van der Waals surface area contributed by atoms with Crippen molar-refractivity contribution in [2.75, 3.05) is 0 Å². The number of rotatable bonds is 4. The second-order valence-electron chi connectivity index (χ2n) is 2.83. The van der Waals surface area contributed by atoms with Gasteiger partial charge in [0.05, 0.1) is 0 Å². The molecule has 88 valence electrons. The Balaban J connectivity index is -0.000000183. The summed E-state index contributed by atoms with van der Waals surface area (Å²) in [5.41, 5.74) is 0. The molecule has 0 fully saturated rings. The summed E-state index contributed by atoms with van der Waals surface area (Å²) in [5, 5.41) is 0. The van der Waals surface area contributed by atoms with Gasteiger partial charge in [-0.3, -0.25) is 9.59 Å². The third kappa shape index (κ3) is 38.3. The van der Waals surface area contributed by atoms with Gasteiger partial charge in [-0.1, -0.05) is 0 Å². The first kappa shape index (κ1) is 20.4. The van der Waals surface area contributed by atoms with Gasteiger partial charge in [0.15, 0.2) is 0 Å². The summed E-state index contributed by atoms with van der Waals surface area (Å²) in [6, 6.07) is 0. The standard InChI is InChI=1S/2C5H7O2.O.Ti/c2*1-4(6)3-5(2)7;;/h2*1,3H2,2H3;;/q2*-1;;+2. The fourth-order valence-corrected chi connectivity index (χ4v) is 0.555. The summed E-state index contributed by atoms with van der Waals surface area (Å²) < 4.78 is 8.25. The molecule has 0 unspecified atom stereocenters. The maximum absolute atomic E-state index is 9.99. The van der Waals surface area contributed by atoms with E-state index in [1.54, 1.807) is 0 Å². The van der Waals surface area contributed by atoms with Crippen molar-refractivity contribution < 1.29 is 42.9 Å². The normalized spacial score (nSPS) is 7.50. The van der Waals surface area contributed by atoms with Crippen LogP contribution in [0.2, 0.25) is 0 Å². The molecule has 6 heteroatoms. The molecule has 0 aliphatic rings. The van der Waals surface area contributed by atoms with Crippen LogP contribution in [-0.4, -0.2) is 23.1 Å². The van der Waals surface area contributed by atoms with Crippen LogP contribution >= 0.6 is 0 Å². The van der Waals surface area contributed by atoms with Gasteiger partial charge in [0.2, 0.25) is 0 Å². The predicted octanol–water partition coefficient (Wildman–Crippen LogP) is 0.616. The van der Waals surface area contributed by atoms with Crippen molar-refractivity contribution in [3.8, 4) is 0 Å². The van der Waals surface area contributed by atoms with Crippen LogP contribution in [0.4, 0.5) is 0 Å². The molecule has 0 aromatic heterocycles. The Labute approximate surface area is 107 Å². The molecule has 0 atom stereocenters. The van der Waals surface area contributed by atoms with Crippen LogP contribution in [0.25, 0.3) is 0 Å². The number of ketones is 4. The molecule has 0 bridgehead atoms. The summed E-state index contributed by atoms with van der Waals surface area (Å²) in [5.74, 6) is -0.875. The third-order valence-electron chi connectivity index (χ3n) is 0.892. The Morgan fingerprint density at radius 1 is 0.812 bits per heavy atom. The predicted molar refractivity (Wildman–Crippen MR) is 52.0 cm³/mol. The average Bonchev–Trinajstić information content (AvgIpc) is 2.03. The zero-order valence-corrected chi connectivity index (χ0v) is 10.9. The van der Waals surface area contributed by atoms with Crippen molar-refractivity contribution in [1.82, 2.24) is 0 Å². The molecule has 0 rings (SSSR count). The van der Waals surface area contributed by atoms with Crippen molar-refractivity contribution in [3.05, 3.63) is 13.8 Å². The number of hydrogen-bond donors (Lipinski definition) is 0. The monoisotopic (exact) mass is 262 g/mol. The van der Waals surface area contributed by atoms with Crippen LogP contribution < -0.4 is 0 Å². The molecule has 0 saturated carbocycles. The van der Waals surface area contributed by atoms with Gasteiger partial charge < -0.3 is 23.4 Å². The minimum absolute atomic E-state index is 0.0278. The maximum atomic E-state index is 9.99. The topological polar surface area (TPSA) is 85.3 Å². The molecular weight excluding hydrogens is 248 g/mol. The van der Waals surface area contributed by atoms with E-state index in [4.69, 9.17) is 3.32 Å². The van der Waals surface area contributed by atoms with Crippen molar-refractivity contribution in [3.63, 3.8) is 0 Å². The number of carbonyl (C=O) groups is 4. The van der Waals surface area contributed by atoms with Gasteiger partial charge in [-0.05, 0) is 13.8 Å². The molecule has 0 aliphatic heterocycles. The summed E-state index contributed by atoms with van der Waals surface area (Å²) >= 11 is 0.750. The Morgan fingerprint density at radius 2 is 1.00 bits per heavy atom. The third-order valence-corrected chi connectivity index (χ3v) is 0.892. The second kappa shape index (κ2) is 13.9. The van der Waals surface area contributed by atoms with E-state index >= 15 is 0 Å². The first-order valence-corrected chi connectivity index (χ1v) is 4.78. The Hall–Kier alpha value is -1.07. The van der Waals surface area contributed by atoms with Crippen molar-refractivity contribution in [2.45, 2.75) is 26.7 Å². The molecule has 16 heavy (non-hydrogen) atoms. The summed E-state index contributed by atoms with van der Waals surface area (Å²) in [4.78, 5) is 39.8. The van der Waals surface area contributed by atoms with E-state index in [1.807, 2.05) is 0 Å². The number of carbonyl (C=O) groups excluding carboxylic acids is 4. The molecule has 0 saturated heterocycles. The number of hydrogen-bond acceptors (Lipinski definition) is 5. The quantitative estimate of drug-likeness (QED) is 0.421. The molecule has 0 aromatic carbocycles. The Kier molecular flexibility index (Phi) is 17.7. The van der Waals surface area contributed by atoms with Crippen LogP contribution in [0.15, 0.2) is 0 Å². The molecule has 0 radical (unpaired) electrons. The average molecular weight is 262 g/mol. The van der Waals surface area contributed by atoms with Gasteiger partial charge >= 0.3 is 23.7 Å². The van der Waals surface area contributed by atoms with Crippen LogP contribution in [0.3, 0.4) is 0 Å². The van der Waals surface area contributed by atoms with E-state index in [0.717, 1.165) is 20.4 Å². The van der Waals surface area contributed by atoms with Crippen LogP contribution in [0.1, 0.15) is 26.7 Å². The SMILES string of the molecule is [CH2-]C(=O)CC(C)=O.[CH2-]C(=O)CC(C)=O.[O]=[Ti+2]. The first-order valence-electron chi connectivity index (χ1n) is 4.14. The van der Waals surface area contributed by atoms with Gasteiger partial charge in [-0.2, -0.15) is 0 Å². The van der Waals surface area contributed by atoms with Gasteiger partial charge in [-0.25, -0.2) is 0 Å². The van der Waals surface area contributed by atoms with E-state index in [1.165, 1.54) is 13.8 Å². The van der Waals surface area contributed by atoms with Crippen LogP contribution in [-0.2, 0) is 42.9 Å². The van der Waals surface area contributed by atoms with E-state index in [0.29, 0.717) is 0 Å². The van der Waals surface area contributed by atoms with Crippen molar-refractivity contribution in [2.24, 2.45) is 0 Å². The molecule has 5 nitrogen and oxygen atoms in total. The first-order chi connectivity index (χ1) is 7.25. The molecular formula is C10H14O5Ti. The van der Waals surface area contributed by atoms with Gasteiger partial charge in [0.1, 0.15) is 11.6 Å². The van der Waals surface area contributed by atoms with E-state index in [2.05, 4.69) is 13.8 Å². The molecule has 0 aromatic rings. The molecule has 0 amide bonds. The summed E-state index contributed by atoms with van der Waals surface area (Å²) in [6.07, 6.45) is -0.0556. The molecule has 0 spiro atoms. The van der Waals surface area contributed by atoms with Gasteiger partial charge in [-0.15, -0.1) is 0 Å². The number of Topliss-reactive ketones (excluding diaryl/α,β-unsaturated/α-hetero) is 4. The Bertz CT molecular complexity index is 210. The second-order valence-corrected chi connectivity index (χ2v) is 2.83. The fourth-order valence-electron chi connectivity index (χ4n) is 0.555. The van der Waals surface area contributed by atoms with Crippen molar-refractivity contribution in [1.29, 1.82) is 0 Å². The molecule has 0 heterocycles. The van der Waals surface area contributed by atoms with Crippen LogP contribution in [0.5, 0.6) is 0 Å². The zero-order chi connectivity index (χ0) is 13.7. The summed E-state index contributed by atoms with van der Waals surface area (Å²) in [7, 11) is 0. The fraction of sp³-hybridized carbons (Fsp3) is 0.400. The van der Waals surface area contributed by atoms with E-state index < -0.39 is 0 Å². The molecule has 0 N–H and O–H groups in total. The van der Waals surface area contributed by atoms with Gasteiger partial charge in [0.25, 0.3) is 0 Å². The zero-order valence-electron chi connectivity index (χ0n) is 9.37. The van der Waals surface area contributed by atoms with Crippen molar-refractivity contribution >= 4 is 23.1 Å². The van der Waals surface area contributed by atoms with E-state index in [9.17, 15) is 19.2 Å². The molecule has 0 aliphatic carbocycles. The van der Waals surface area contributed by atoms with Gasteiger partial charge in [0, 0.05) is 24.4 Å². The minimum atomic E-state index is -0.312. The van der Waals surface area contributed by atoms with E-state index in [-0.39, 0.29) is 36.0 Å². The summed E-state index contributed by atoms with van der Waals surface area (Å²) in [6.45, 7) is 8.77. The van der Waals surface area contributed by atoms with Crippen LogP contribution in [0, 0.1) is 13.8 Å².